The molecular weight excluding hydrogens is 480 g/mol. The van der Waals surface area contributed by atoms with Crippen molar-refractivity contribution >= 4 is 35.1 Å². The molecule has 0 unspecified atom stereocenters. The maximum absolute atomic E-state index is 13.3. The number of nitrogens with zero attached hydrogens (tertiary/aromatic N) is 1. The maximum Gasteiger partial charge on any atom is 0.338 e. The normalized spacial score (nSPS) is 20.7. The third-order valence-corrected chi connectivity index (χ3v) is 7.55. The smallest absolute Gasteiger partial charge is 0.338 e. The Bertz CT molecular complexity index is 1380. The van der Waals surface area contributed by atoms with E-state index in [2.05, 4.69) is 17.4 Å². The number of esters is 1. The van der Waals surface area contributed by atoms with E-state index in [0.29, 0.717) is 24.2 Å². The molecule has 0 spiro atoms. The average Bonchev–Trinajstić information content (AvgIpc) is 3.18. The number of anilines is 2. The van der Waals surface area contributed by atoms with Crippen LogP contribution in [0.2, 0.25) is 0 Å². The molecule has 2 fully saturated rings. The number of rotatable bonds is 6. The Morgan fingerprint density at radius 2 is 1.61 bits per heavy atom. The summed E-state index contributed by atoms with van der Waals surface area (Å²) in [7, 11) is 0. The monoisotopic (exact) mass is 510 g/mol. The lowest BCUT2D eigenvalue weighted by molar-refractivity contribution is -0.122. The lowest BCUT2D eigenvalue weighted by Gasteiger charge is -2.28. The molecule has 0 radical (unpaired) electrons. The van der Waals surface area contributed by atoms with E-state index in [1.807, 2.05) is 50.2 Å². The molecule has 1 N–H and O–H groups in total. The van der Waals surface area contributed by atoms with Gasteiger partial charge in [0, 0.05) is 5.69 Å². The molecule has 1 heterocycles. The predicted octanol–water partition coefficient (Wildman–Crippen LogP) is 5.17. The van der Waals surface area contributed by atoms with Gasteiger partial charge >= 0.3 is 5.97 Å². The molecule has 1 saturated carbocycles. The largest absolute Gasteiger partial charge is 0.452 e. The van der Waals surface area contributed by atoms with Crippen LogP contribution in [0.15, 0.2) is 72.8 Å². The number of carbonyl (C=O) groups is 4. The number of hydrogen-bond acceptors (Lipinski definition) is 5. The van der Waals surface area contributed by atoms with Crippen LogP contribution in [-0.2, 0) is 19.1 Å². The molecule has 3 atom stereocenters. The predicted molar refractivity (Wildman–Crippen MR) is 144 cm³/mol. The van der Waals surface area contributed by atoms with E-state index in [1.54, 1.807) is 12.1 Å². The molecule has 2 aliphatic rings. The Kier molecular flexibility index (Phi) is 7.09. The van der Waals surface area contributed by atoms with Crippen LogP contribution in [0.25, 0.3) is 0 Å². The summed E-state index contributed by atoms with van der Waals surface area (Å²) < 4.78 is 5.17. The van der Waals surface area contributed by atoms with Crippen molar-refractivity contribution in [1.82, 2.24) is 0 Å². The molecule has 1 saturated heterocycles. The van der Waals surface area contributed by atoms with Crippen LogP contribution in [0.5, 0.6) is 0 Å². The zero-order valence-electron chi connectivity index (χ0n) is 21.5. The third-order valence-electron chi connectivity index (χ3n) is 7.55. The van der Waals surface area contributed by atoms with Crippen molar-refractivity contribution in [2.45, 2.75) is 39.0 Å². The zero-order chi connectivity index (χ0) is 26.8. The molecule has 5 rings (SSSR count). The molecule has 0 aromatic heterocycles. The highest BCUT2D eigenvalue weighted by Crippen LogP contribution is 2.45. The van der Waals surface area contributed by atoms with Crippen LogP contribution in [0.4, 0.5) is 11.4 Å². The Balaban J connectivity index is 1.20. The minimum absolute atomic E-state index is 0.176. The summed E-state index contributed by atoms with van der Waals surface area (Å²) in [5.41, 5.74) is 4.54. The number of imide groups is 1. The number of aryl methyl sites for hydroxylation is 2. The topological polar surface area (TPSA) is 92.8 Å². The van der Waals surface area contributed by atoms with Crippen molar-refractivity contribution in [3.63, 3.8) is 0 Å². The Hall–Kier alpha value is -4.26. The van der Waals surface area contributed by atoms with Gasteiger partial charge in [0.1, 0.15) is 0 Å². The molecule has 1 aliphatic heterocycles. The second-order valence-corrected chi connectivity index (χ2v) is 10.1. The van der Waals surface area contributed by atoms with Crippen LogP contribution in [-0.4, -0.2) is 30.3 Å². The van der Waals surface area contributed by atoms with Crippen molar-refractivity contribution in [2.24, 2.45) is 11.8 Å². The van der Waals surface area contributed by atoms with E-state index in [-0.39, 0.29) is 35.1 Å². The van der Waals surface area contributed by atoms with E-state index in [9.17, 15) is 19.2 Å². The van der Waals surface area contributed by atoms with Crippen LogP contribution in [0.3, 0.4) is 0 Å². The van der Waals surface area contributed by atoms with Crippen molar-refractivity contribution in [3.05, 3.63) is 95.1 Å². The van der Waals surface area contributed by atoms with Gasteiger partial charge in [-0.25, -0.2) is 4.79 Å². The van der Waals surface area contributed by atoms with Crippen LogP contribution in [0, 0.1) is 25.7 Å². The number of benzene rings is 3. The van der Waals surface area contributed by atoms with Crippen LogP contribution < -0.4 is 10.2 Å². The third kappa shape index (κ3) is 5.09. The summed E-state index contributed by atoms with van der Waals surface area (Å²) in [5.74, 6) is -1.83. The summed E-state index contributed by atoms with van der Waals surface area (Å²) in [6.45, 7) is 3.43. The van der Waals surface area contributed by atoms with Gasteiger partial charge in [0.05, 0.1) is 23.1 Å². The molecule has 38 heavy (non-hydrogen) atoms. The van der Waals surface area contributed by atoms with Crippen molar-refractivity contribution in [2.75, 3.05) is 16.8 Å². The Labute approximate surface area is 221 Å². The fourth-order valence-electron chi connectivity index (χ4n) is 5.56. The number of ether oxygens (including phenoxy) is 1. The van der Waals surface area contributed by atoms with Crippen LogP contribution in [0.1, 0.15) is 52.2 Å². The first kappa shape index (κ1) is 25.4. The first-order chi connectivity index (χ1) is 18.3. The molecule has 7 heteroatoms. The molecule has 3 amide bonds. The van der Waals surface area contributed by atoms with Gasteiger partial charge in [-0.05, 0) is 80.5 Å². The van der Waals surface area contributed by atoms with E-state index in [4.69, 9.17) is 4.74 Å². The van der Waals surface area contributed by atoms with Crippen molar-refractivity contribution in [1.29, 1.82) is 0 Å². The van der Waals surface area contributed by atoms with Gasteiger partial charge in [0.2, 0.25) is 11.8 Å². The molecule has 1 aliphatic carbocycles. The van der Waals surface area contributed by atoms with Gasteiger partial charge in [0.15, 0.2) is 6.61 Å². The first-order valence-corrected chi connectivity index (χ1v) is 12.9. The van der Waals surface area contributed by atoms with Crippen molar-refractivity contribution < 1.29 is 23.9 Å². The zero-order valence-corrected chi connectivity index (χ0v) is 21.5. The lowest BCUT2D eigenvalue weighted by Crippen LogP contribution is -2.30. The SMILES string of the molecule is Cc1ccc(NC(=O)COC(=O)c2ccc(N3C(=O)[C@@H]4CC[C@H](c5ccccc5)C[C@H]4C3=O)cc2)c(C)c1. The Morgan fingerprint density at radius 1 is 0.895 bits per heavy atom. The molecular formula is C31H30N2O5. The molecule has 7 nitrogen and oxygen atoms in total. The molecule has 0 bridgehead atoms. The minimum atomic E-state index is -0.661. The molecule has 3 aromatic carbocycles. The standard InChI is InChI=1S/C31H30N2O5/c1-19-8-15-27(20(2)16-19)32-28(34)18-38-31(37)22-9-12-24(13-10-22)33-29(35)25-14-11-23(17-26(25)30(33)36)21-6-4-3-5-7-21/h3-10,12-13,15-16,23,25-26H,11,14,17-18H2,1-2H3,(H,32,34)/t23-,25+,26+/m0/s1. The number of amides is 3. The Morgan fingerprint density at radius 3 is 2.32 bits per heavy atom. The van der Waals surface area contributed by atoms with Gasteiger partial charge in [-0.1, -0.05) is 48.0 Å². The number of carbonyl (C=O) groups excluding carboxylic acids is 4. The fraction of sp³-hybridized carbons (Fsp3) is 0.290. The average molecular weight is 511 g/mol. The first-order valence-electron chi connectivity index (χ1n) is 12.9. The number of fused-ring (bicyclic) bond motifs is 1. The van der Waals surface area contributed by atoms with Gasteiger partial charge < -0.3 is 10.1 Å². The highest BCUT2D eigenvalue weighted by molar-refractivity contribution is 6.22. The summed E-state index contributed by atoms with van der Waals surface area (Å²) in [6.07, 6.45) is 2.21. The second-order valence-electron chi connectivity index (χ2n) is 10.1. The van der Waals surface area contributed by atoms with Crippen LogP contribution >= 0.6 is 0 Å². The van der Waals surface area contributed by atoms with E-state index in [1.165, 1.54) is 22.6 Å². The summed E-state index contributed by atoms with van der Waals surface area (Å²) in [5, 5.41) is 2.74. The minimum Gasteiger partial charge on any atom is -0.452 e. The summed E-state index contributed by atoms with van der Waals surface area (Å²) in [4.78, 5) is 52.4. The van der Waals surface area contributed by atoms with Gasteiger partial charge in [-0.2, -0.15) is 0 Å². The quantitative estimate of drug-likeness (QED) is 0.365. The van der Waals surface area contributed by atoms with Gasteiger partial charge in [-0.15, -0.1) is 0 Å². The highest BCUT2D eigenvalue weighted by Gasteiger charge is 2.50. The second kappa shape index (κ2) is 10.6. The van der Waals surface area contributed by atoms with E-state index in [0.717, 1.165) is 17.5 Å². The maximum atomic E-state index is 13.3. The fourth-order valence-corrected chi connectivity index (χ4v) is 5.56. The van der Waals surface area contributed by atoms with Gasteiger partial charge in [0.25, 0.3) is 5.91 Å². The highest BCUT2D eigenvalue weighted by atomic mass is 16.5. The van der Waals surface area contributed by atoms with E-state index < -0.39 is 18.5 Å². The number of nitrogens with one attached hydrogen (secondary N) is 1. The van der Waals surface area contributed by atoms with E-state index >= 15 is 0 Å². The summed E-state index contributed by atoms with van der Waals surface area (Å²) in [6, 6.07) is 22.0. The lowest BCUT2D eigenvalue weighted by atomic mass is 9.73. The van der Waals surface area contributed by atoms with Crippen molar-refractivity contribution in [3.8, 4) is 0 Å². The number of hydrogen-bond donors (Lipinski definition) is 1. The van der Waals surface area contributed by atoms with Gasteiger partial charge in [-0.3, -0.25) is 19.3 Å². The summed E-state index contributed by atoms with van der Waals surface area (Å²) >= 11 is 0. The molecule has 194 valence electrons. The molecule has 3 aromatic rings.